The van der Waals surface area contributed by atoms with Gasteiger partial charge >= 0.3 is 6.09 Å². The van der Waals surface area contributed by atoms with E-state index < -0.39 is 74.3 Å². The van der Waals surface area contributed by atoms with Crippen molar-refractivity contribution in [2.24, 2.45) is 11.8 Å². The number of fused-ring (bicyclic) bond motifs is 1. The van der Waals surface area contributed by atoms with Gasteiger partial charge in [0.05, 0.1) is 18.9 Å². The average molecular weight is 728 g/mol. The minimum absolute atomic E-state index is 0.0113. The maximum atomic E-state index is 14.5. The fourth-order valence-corrected chi connectivity index (χ4v) is 7.79. The van der Waals surface area contributed by atoms with E-state index in [1.807, 2.05) is 32.0 Å². The lowest BCUT2D eigenvalue weighted by Crippen LogP contribution is -2.58. The van der Waals surface area contributed by atoms with E-state index >= 15 is 0 Å². The fraction of sp³-hybridized carbons (Fsp3) is 0.583. The third kappa shape index (κ3) is 8.40. The number of ether oxygens (including phenoxy) is 3. The van der Waals surface area contributed by atoms with Crippen LogP contribution >= 0.6 is 0 Å². The molecule has 0 spiro atoms. The van der Waals surface area contributed by atoms with E-state index in [0.717, 1.165) is 5.39 Å². The van der Waals surface area contributed by atoms with Gasteiger partial charge in [-0.1, -0.05) is 19.9 Å². The number of hydrogen-bond donors (Lipinski definition) is 2. The summed E-state index contributed by atoms with van der Waals surface area (Å²) in [6, 6.07) is 5.13. The first-order valence-corrected chi connectivity index (χ1v) is 18.8. The molecule has 2 aromatic rings. The summed E-state index contributed by atoms with van der Waals surface area (Å²) in [6.07, 6.45) is 3.08. The Morgan fingerprint density at radius 3 is 2.47 bits per heavy atom. The van der Waals surface area contributed by atoms with Crippen molar-refractivity contribution in [3.05, 3.63) is 43.1 Å². The van der Waals surface area contributed by atoms with E-state index in [2.05, 4.69) is 21.6 Å². The first-order chi connectivity index (χ1) is 23.9. The van der Waals surface area contributed by atoms with E-state index in [1.54, 1.807) is 40.1 Å². The third-order valence-electron chi connectivity index (χ3n) is 9.44. The smallest absolute Gasteiger partial charge is 0.410 e. The predicted octanol–water partition coefficient (Wildman–Crippen LogP) is 3.54. The summed E-state index contributed by atoms with van der Waals surface area (Å²) >= 11 is 0. The Labute approximate surface area is 299 Å². The second kappa shape index (κ2) is 14.3. The zero-order chi connectivity index (χ0) is 37.5. The Bertz CT molecular complexity index is 1810. The van der Waals surface area contributed by atoms with E-state index in [-0.39, 0.29) is 31.7 Å². The van der Waals surface area contributed by atoms with Crippen LogP contribution in [0.2, 0.25) is 0 Å². The Morgan fingerprint density at radius 1 is 1.18 bits per heavy atom. The van der Waals surface area contributed by atoms with Crippen molar-refractivity contribution in [3.8, 4) is 11.6 Å². The molecule has 278 valence electrons. The number of rotatable bonds is 13. The number of benzene rings is 1. The zero-order valence-electron chi connectivity index (χ0n) is 30.3. The number of aromatic nitrogens is 1. The van der Waals surface area contributed by atoms with Gasteiger partial charge in [0, 0.05) is 31.0 Å². The van der Waals surface area contributed by atoms with Crippen molar-refractivity contribution in [1.82, 2.24) is 24.8 Å². The third-order valence-corrected chi connectivity index (χ3v) is 11.3. The molecule has 2 heterocycles. The van der Waals surface area contributed by atoms with Gasteiger partial charge < -0.3 is 24.4 Å². The second-order valence-corrected chi connectivity index (χ2v) is 17.1. The number of amides is 4. The number of pyridine rings is 1. The van der Waals surface area contributed by atoms with Crippen molar-refractivity contribution >= 4 is 44.6 Å². The molecule has 51 heavy (non-hydrogen) atoms. The molecule has 0 bridgehead atoms. The van der Waals surface area contributed by atoms with Crippen LogP contribution in [-0.4, -0.2) is 102 Å². The Morgan fingerprint density at radius 2 is 1.88 bits per heavy atom. The summed E-state index contributed by atoms with van der Waals surface area (Å²) in [5.74, 6) is -1.57. The molecule has 5 rings (SSSR count). The maximum absolute atomic E-state index is 14.5. The van der Waals surface area contributed by atoms with Crippen LogP contribution in [0.1, 0.15) is 66.7 Å². The van der Waals surface area contributed by atoms with Crippen LogP contribution in [0.25, 0.3) is 10.8 Å². The van der Waals surface area contributed by atoms with Crippen molar-refractivity contribution in [2.75, 3.05) is 20.7 Å². The monoisotopic (exact) mass is 727 g/mol. The summed E-state index contributed by atoms with van der Waals surface area (Å²) in [6.45, 7) is 12.8. The molecule has 1 saturated heterocycles. The number of nitrogens with one attached hydrogen (secondary N) is 2. The van der Waals surface area contributed by atoms with Crippen molar-refractivity contribution in [1.29, 1.82) is 0 Å². The highest BCUT2D eigenvalue weighted by Gasteiger charge is 2.62. The average Bonchev–Trinajstić information content (AvgIpc) is 3.98. The normalized spacial score (nSPS) is 23.7. The summed E-state index contributed by atoms with van der Waals surface area (Å²) < 4.78 is 44.8. The standard InChI is InChI=1S/C36H49N5O9S/c1-9-23-19-36(23,33(44)39-51(46,47)26-11-12-26)38-30(42)28-18-25(49-31-27-13-10-24(48-8)17-22(27)14-15-37-31)20-41(28)32(43)29(16-21(2)3)40(7)34(45)50-35(4,5)6/h9-10,13-15,17,21,23,25-26,28-29H,1,11-12,16,18-20H2,2-8H3,(H,38,42)(H,39,44)/t23-,25-,28+,29+,36-/m1/s1. The van der Waals surface area contributed by atoms with Crippen molar-refractivity contribution in [2.45, 2.75) is 101 Å². The minimum atomic E-state index is -3.89. The molecule has 3 fully saturated rings. The minimum Gasteiger partial charge on any atom is -0.497 e. The fourth-order valence-electron chi connectivity index (χ4n) is 6.42. The second-order valence-electron chi connectivity index (χ2n) is 15.1. The molecule has 0 unspecified atom stereocenters. The van der Waals surface area contributed by atoms with Gasteiger partial charge in [0.2, 0.25) is 27.7 Å². The molecule has 0 radical (unpaired) electrons. The number of carbonyl (C=O) groups excluding carboxylic acids is 4. The van der Waals surface area contributed by atoms with Crippen LogP contribution in [0.5, 0.6) is 11.6 Å². The zero-order valence-corrected chi connectivity index (χ0v) is 31.1. The maximum Gasteiger partial charge on any atom is 0.410 e. The van der Waals surface area contributed by atoms with Gasteiger partial charge in [0.25, 0.3) is 5.91 Å². The molecule has 1 aliphatic heterocycles. The van der Waals surface area contributed by atoms with E-state index in [1.165, 1.54) is 22.9 Å². The van der Waals surface area contributed by atoms with Crippen molar-refractivity contribution in [3.63, 3.8) is 0 Å². The summed E-state index contributed by atoms with van der Waals surface area (Å²) in [5, 5.41) is 3.67. The molecule has 4 amide bonds. The van der Waals surface area contributed by atoms with Gasteiger partial charge in [-0.15, -0.1) is 6.58 Å². The largest absolute Gasteiger partial charge is 0.497 e. The number of methoxy groups -OCH3 is 1. The van der Waals surface area contributed by atoms with Crippen LogP contribution in [0.4, 0.5) is 4.79 Å². The van der Waals surface area contributed by atoms with Gasteiger partial charge in [-0.25, -0.2) is 18.2 Å². The molecule has 2 N–H and O–H groups in total. The van der Waals surface area contributed by atoms with Crippen LogP contribution in [0.15, 0.2) is 43.1 Å². The van der Waals surface area contributed by atoms with E-state index in [0.29, 0.717) is 29.9 Å². The van der Waals surface area contributed by atoms with Crippen LogP contribution < -0.4 is 19.5 Å². The number of nitrogens with zero attached hydrogens (tertiary/aromatic N) is 3. The molecule has 14 nitrogen and oxygen atoms in total. The highest BCUT2D eigenvalue weighted by molar-refractivity contribution is 7.91. The number of likely N-dealkylation sites (N-methyl/N-ethyl adjacent to an activating group) is 1. The quantitative estimate of drug-likeness (QED) is 0.291. The van der Waals surface area contributed by atoms with Crippen LogP contribution in [0.3, 0.4) is 0 Å². The molecule has 15 heteroatoms. The highest BCUT2D eigenvalue weighted by atomic mass is 32.2. The van der Waals surface area contributed by atoms with Crippen LogP contribution in [0, 0.1) is 11.8 Å². The topological polar surface area (TPSA) is 174 Å². The lowest BCUT2D eigenvalue weighted by Gasteiger charge is -2.35. The molecular formula is C36H49N5O9S. The Hall–Kier alpha value is -4.40. The molecule has 1 aromatic carbocycles. The first kappa shape index (κ1) is 37.8. The molecule has 2 saturated carbocycles. The number of carbonyl (C=O) groups is 4. The van der Waals surface area contributed by atoms with E-state index in [9.17, 15) is 27.6 Å². The predicted molar refractivity (Wildman–Crippen MR) is 189 cm³/mol. The summed E-state index contributed by atoms with van der Waals surface area (Å²) in [5.41, 5.74) is -2.36. The highest BCUT2D eigenvalue weighted by Crippen LogP contribution is 2.45. The SMILES string of the molecule is C=C[C@@H]1C[C@]1(NC(=O)[C@@H]1C[C@@H](Oc2nccc3cc(OC)ccc23)CN1C(=O)[C@H](CC(C)C)N(C)C(=O)OC(C)(C)C)C(=O)NS(=O)(=O)C1CC1. The van der Waals surface area contributed by atoms with E-state index in [4.69, 9.17) is 14.2 Å². The molecule has 5 atom stereocenters. The van der Waals surface area contributed by atoms with Gasteiger partial charge in [0.15, 0.2) is 0 Å². The molecule has 3 aliphatic rings. The Kier molecular flexibility index (Phi) is 10.6. The summed E-state index contributed by atoms with van der Waals surface area (Å²) in [4.78, 5) is 62.5. The number of sulfonamides is 1. The lowest BCUT2D eigenvalue weighted by atomic mass is 10.0. The van der Waals surface area contributed by atoms with Gasteiger partial charge in [-0.05, 0) is 82.0 Å². The first-order valence-electron chi connectivity index (χ1n) is 17.3. The van der Waals surface area contributed by atoms with Gasteiger partial charge in [-0.2, -0.15) is 0 Å². The van der Waals surface area contributed by atoms with Crippen LogP contribution in [-0.2, 0) is 29.1 Å². The van der Waals surface area contributed by atoms with Gasteiger partial charge in [-0.3, -0.25) is 24.0 Å². The molecule has 2 aliphatic carbocycles. The van der Waals surface area contributed by atoms with Gasteiger partial charge in [0.1, 0.15) is 35.1 Å². The number of likely N-dealkylation sites (tertiary alicyclic amines) is 1. The molecule has 1 aromatic heterocycles. The number of hydrogen-bond acceptors (Lipinski definition) is 10. The Balaban J connectivity index is 1.45. The summed E-state index contributed by atoms with van der Waals surface area (Å²) in [7, 11) is -0.832. The van der Waals surface area contributed by atoms with Crippen molar-refractivity contribution < 1.29 is 41.8 Å². The molecular weight excluding hydrogens is 678 g/mol. The lowest BCUT2D eigenvalue weighted by molar-refractivity contribution is -0.143.